The molecule has 1 N–H and O–H groups in total. The van der Waals surface area contributed by atoms with Gasteiger partial charge in [-0.05, 0) is 42.5 Å². The first-order valence-electron chi connectivity index (χ1n) is 8.92. The Balaban J connectivity index is 1.75. The number of fused-ring (bicyclic) bond motifs is 1. The second-order valence-corrected chi connectivity index (χ2v) is 7.52. The first-order valence-corrected chi connectivity index (χ1v) is 9.73. The molecule has 9 nitrogen and oxygen atoms in total. The molecule has 0 atom stereocenters. The van der Waals surface area contributed by atoms with Crippen LogP contribution in [0.15, 0.2) is 91.8 Å². The van der Waals surface area contributed by atoms with Crippen LogP contribution in [0.3, 0.4) is 0 Å². The molecule has 0 aliphatic carbocycles. The number of non-ortho nitro benzene ring substituents is 1. The molecule has 4 rings (SSSR count). The molecule has 154 valence electrons. The zero-order valence-corrected chi connectivity index (χ0v) is 16.5. The number of anilines is 2. The van der Waals surface area contributed by atoms with Gasteiger partial charge in [0.15, 0.2) is 0 Å². The average molecular weight is 435 g/mol. The fourth-order valence-corrected chi connectivity index (χ4v) is 3.80. The molecule has 0 aliphatic heterocycles. The third-order valence-corrected chi connectivity index (χ3v) is 5.38. The lowest BCUT2D eigenvalue weighted by Crippen LogP contribution is -2.10. The van der Waals surface area contributed by atoms with Gasteiger partial charge in [-0.25, -0.2) is 4.79 Å². The Labute approximate surface area is 178 Å². The highest BCUT2D eigenvalue weighted by molar-refractivity contribution is 7.99. The number of nitro benzene ring substituents is 1. The van der Waals surface area contributed by atoms with Crippen LogP contribution in [0.4, 0.5) is 22.7 Å². The Bertz CT molecular complexity index is 1350. The lowest BCUT2D eigenvalue weighted by molar-refractivity contribution is -0.386. The van der Waals surface area contributed by atoms with E-state index in [9.17, 15) is 25.0 Å². The molecular weight excluding hydrogens is 422 g/mol. The van der Waals surface area contributed by atoms with E-state index in [0.29, 0.717) is 5.69 Å². The Morgan fingerprint density at radius 2 is 1.52 bits per heavy atom. The highest BCUT2D eigenvalue weighted by Crippen LogP contribution is 2.35. The summed E-state index contributed by atoms with van der Waals surface area (Å²) in [5, 5.41) is 25.6. The van der Waals surface area contributed by atoms with Gasteiger partial charge in [-0.1, -0.05) is 30.0 Å². The van der Waals surface area contributed by atoms with Gasteiger partial charge in [0, 0.05) is 27.6 Å². The quantitative estimate of drug-likeness (QED) is 0.239. The van der Waals surface area contributed by atoms with E-state index in [4.69, 9.17) is 4.42 Å². The zero-order valence-electron chi connectivity index (χ0n) is 15.7. The highest BCUT2D eigenvalue weighted by atomic mass is 32.2. The number of hydrogen-bond donors (Lipinski definition) is 1. The van der Waals surface area contributed by atoms with Crippen LogP contribution in [0.1, 0.15) is 0 Å². The maximum Gasteiger partial charge on any atom is 0.417 e. The summed E-state index contributed by atoms with van der Waals surface area (Å²) >= 11 is 1.54. The summed E-state index contributed by atoms with van der Waals surface area (Å²) in [7, 11) is 0. The maximum atomic E-state index is 12.2. The van der Waals surface area contributed by atoms with Crippen LogP contribution in [0, 0.1) is 20.2 Å². The van der Waals surface area contributed by atoms with Crippen LogP contribution in [-0.4, -0.2) is 9.85 Å². The molecule has 10 heteroatoms. The van der Waals surface area contributed by atoms with E-state index >= 15 is 0 Å². The second-order valence-electron chi connectivity index (χ2n) is 6.37. The van der Waals surface area contributed by atoms with Crippen LogP contribution in [0.2, 0.25) is 0 Å². The predicted molar refractivity (Wildman–Crippen MR) is 116 cm³/mol. The van der Waals surface area contributed by atoms with Crippen molar-refractivity contribution in [2.75, 3.05) is 5.32 Å². The standard InChI is InChI=1S/C21H13N3O6S/c25-21-20(24(28)29)19(17-12-14(23(26)27)8-11-18(17)30-21)22-13-6-9-16(10-7-13)31-15-4-2-1-3-5-15/h1-12,22H. The van der Waals surface area contributed by atoms with Crippen LogP contribution in [0.25, 0.3) is 11.0 Å². The van der Waals surface area contributed by atoms with Gasteiger partial charge >= 0.3 is 11.3 Å². The van der Waals surface area contributed by atoms with Gasteiger partial charge in [0.2, 0.25) is 0 Å². The molecule has 0 fully saturated rings. The van der Waals surface area contributed by atoms with Crippen LogP contribution in [0.5, 0.6) is 0 Å². The van der Waals surface area contributed by atoms with Gasteiger partial charge in [0.1, 0.15) is 11.3 Å². The number of benzene rings is 3. The van der Waals surface area contributed by atoms with E-state index < -0.39 is 21.2 Å². The average Bonchev–Trinajstić information content (AvgIpc) is 2.75. The molecule has 1 heterocycles. The fraction of sp³-hybridized carbons (Fsp3) is 0. The topological polar surface area (TPSA) is 129 Å². The number of rotatable bonds is 6. The van der Waals surface area contributed by atoms with E-state index in [1.54, 1.807) is 23.9 Å². The summed E-state index contributed by atoms with van der Waals surface area (Å²) in [5.74, 6) is 0. The summed E-state index contributed by atoms with van der Waals surface area (Å²) in [6.07, 6.45) is 0. The SMILES string of the molecule is O=c1oc2ccc([N+](=O)[O-])cc2c(Nc2ccc(Sc3ccccc3)cc2)c1[N+](=O)[O-]. The molecule has 0 radical (unpaired) electrons. The van der Waals surface area contributed by atoms with Crippen LogP contribution >= 0.6 is 11.8 Å². The van der Waals surface area contributed by atoms with Crippen LogP contribution in [-0.2, 0) is 0 Å². The van der Waals surface area contributed by atoms with E-state index in [2.05, 4.69) is 5.32 Å². The molecule has 0 bridgehead atoms. The van der Waals surface area contributed by atoms with E-state index in [-0.39, 0.29) is 22.3 Å². The van der Waals surface area contributed by atoms with Gasteiger partial charge in [0.05, 0.1) is 15.2 Å². The zero-order chi connectivity index (χ0) is 22.0. The first kappa shape index (κ1) is 20.1. The predicted octanol–water partition coefficient (Wildman–Crippen LogP) is 5.50. The number of nitro groups is 2. The summed E-state index contributed by atoms with van der Waals surface area (Å²) in [6, 6.07) is 20.3. The van der Waals surface area contributed by atoms with Crippen molar-refractivity contribution in [1.29, 1.82) is 0 Å². The third-order valence-electron chi connectivity index (χ3n) is 4.36. The smallest absolute Gasteiger partial charge is 0.417 e. The summed E-state index contributed by atoms with van der Waals surface area (Å²) in [4.78, 5) is 35.3. The first-order chi connectivity index (χ1) is 14.9. The molecule has 0 spiro atoms. The van der Waals surface area contributed by atoms with Crippen LogP contribution < -0.4 is 10.9 Å². The van der Waals surface area contributed by atoms with Gasteiger partial charge in [-0.2, -0.15) is 0 Å². The van der Waals surface area contributed by atoms with E-state index in [1.807, 2.05) is 42.5 Å². The molecule has 0 saturated heterocycles. The summed E-state index contributed by atoms with van der Waals surface area (Å²) in [5.41, 5.74) is -1.95. The minimum Gasteiger partial charge on any atom is -0.418 e. The van der Waals surface area contributed by atoms with Crippen molar-refractivity contribution in [1.82, 2.24) is 0 Å². The lowest BCUT2D eigenvalue weighted by atomic mass is 10.1. The summed E-state index contributed by atoms with van der Waals surface area (Å²) < 4.78 is 4.99. The van der Waals surface area contributed by atoms with Crippen molar-refractivity contribution in [3.05, 3.63) is 103 Å². The third kappa shape index (κ3) is 4.23. The molecule has 31 heavy (non-hydrogen) atoms. The number of nitrogens with one attached hydrogen (secondary N) is 1. The molecule has 0 unspecified atom stereocenters. The molecule has 4 aromatic rings. The monoisotopic (exact) mass is 435 g/mol. The Hall–Kier alpha value is -4.18. The fourth-order valence-electron chi connectivity index (χ4n) is 2.96. The normalized spacial score (nSPS) is 10.7. The Morgan fingerprint density at radius 1 is 0.839 bits per heavy atom. The molecule has 0 amide bonds. The maximum absolute atomic E-state index is 12.2. The van der Waals surface area contributed by atoms with Gasteiger partial charge in [-0.15, -0.1) is 0 Å². The minimum atomic E-state index is -1.15. The van der Waals surface area contributed by atoms with Crippen molar-refractivity contribution in [2.24, 2.45) is 0 Å². The highest BCUT2D eigenvalue weighted by Gasteiger charge is 2.26. The van der Waals surface area contributed by atoms with Gasteiger partial charge < -0.3 is 9.73 Å². The second kappa shape index (κ2) is 8.28. The molecule has 3 aromatic carbocycles. The molecule has 1 aromatic heterocycles. The number of nitrogens with zero attached hydrogens (tertiary/aromatic N) is 2. The Morgan fingerprint density at radius 3 is 2.16 bits per heavy atom. The van der Waals surface area contributed by atoms with E-state index in [0.717, 1.165) is 21.9 Å². The van der Waals surface area contributed by atoms with Crippen molar-refractivity contribution in [2.45, 2.75) is 9.79 Å². The molecule has 0 aliphatic rings. The number of hydrogen-bond acceptors (Lipinski definition) is 8. The van der Waals surface area contributed by atoms with Crippen molar-refractivity contribution >= 4 is 45.5 Å². The molecule has 0 saturated carbocycles. The Kier molecular flexibility index (Phi) is 5.37. The van der Waals surface area contributed by atoms with Gasteiger partial charge in [0.25, 0.3) is 5.69 Å². The van der Waals surface area contributed by atoms with E-state index in [1.165, 1.54) is 6.07 Å². The summed E-state index contributed by atoms with van der Waals surface area (Å²) in [6.45, 7) is 0. The minimum absolute atomic E-state index is 0.0000432. The van der Waals surface area contributed by atoms with Gasteiger partial charge in [-0.3, -0.25) is 20.2 Å². The largest absolute Gasteiger partial charge is 0.418 e. The van der Waals surface area contributed by atoms with Crippen molar-refractivity contribution in [3.8, 4) is 0 Å². The van der Waals surface area contributed by atoms with Crippen molar-refractivity contribution < 1.29 is 14.3 Å². The molecular formula is C21H13N3O6S. The van der Waals surface area contributed by atoms with Crippen molar-refractivity contribution in [3.63, 3.8) is 0 Å². The lowest BCUT2D eigenvalue weighted by Gasteiger charge is -2.10.